The molecule has 0 radical (unpaired) electrons. The van der Waals surface area contributed by atoms with E-state index < -0.39 is 0 Å². The molecule has 2 nitrogen and oxygen atoms in total. The molecule has 0 bridgehead atoms. The maximum atomic E-state index is 3.54. The highest BCUT2D eigenvalue weighted by atomic mass is 15.0. The van der Waals surface area contributed by atoms with Gasteiger partial charge >= 0.3 is 0 Å². The fourth-order valence-electron chi connectivity index (χ4n) is 2.64. The Morgan fingerprint density at radius 2 is 1.69 bits per heavy atom. The minimum absolute atomic E-state index is 0.622. The third-order valence-electron chi connectivity index (χ3n) is 3.52. The molecule has 2 aliphatic rings. The predicted octanol–water partition coefficient (Wildman–Crippen LogP) is 2.94. The lowest BCUT2D eigenvalue weighted by atomic mass is 9.94. The summed E-state index contributed by atoms with van der Waals surface area (Å²) in [4.78, 5) is 0. The smallest absolute Gasteiger partial charge is 0.0378 e. The van der Waals surface area contributed by atoms with Crippen LogP contribution in [0.15, 0.2) is 23.5 Å². The second-order valence-electron chi connectivity index (χ2n) is 4.80. The minimum atomic E-state index is 0.622. The van der Waals surface area contributed by atoms with Crippen LogP contribution in [-0.4, -0.2) is 13.1 Å². The van der Waals surface area contributed by atoms with Crippen molar-refractivity contribution in [2.75, 3.05) is 13.1 Å². The molecule has 2 N–H and O–H groups in total. The Bertz CT molecular complexity index is 254. The zero-order valence-electron chi connectivity index (χ0n) is 10.4. The van der Waals surface area contributed by atoms with Crippen LogP contribution in [0, 0.1) is 5.92 Å². The summed E-state index contributed by atoms with van der Waals surface area (Å²) >= 11 is 0. The van der Waals surface area contributed by atoms with E-state index in [9.17, 15) is 0 Å². The van der Waals surface area contributed by atoms with Gasteiger partial charge in [-0.05, 0) is 19.3 Å². The van der Waals surface area contributed by atoms with Crippen LogP contribution in [0.4, 0.5) is 0 Å². The number of hydrogen-bond acceptors (Lipinski definition) is 2. The topological polar surface area (TPSA) is 24.1 Å². The van der Waals surface area contributed by atoms with E-state index in [0.29, 0.717) is 5.92 Å². The molecule has 0 unspecified atom stereocenters. The number of rotatable bonds is 6. The molecular formula is C14H24N2. The lowest BCUT2D eigenvalue weighted by Gasteiger charge is -2.21. The SMILES string of the molecule is CCCCCC(C1=CCCN1)C1=CCCN1. The van der Waals surface area contributed by atoms with E-state index in [1.54, 1.807) is 0 Å². The molecule has 0 amide bonds. The molecule has 2 heteroatoms. The van der Waals surface area contributed by atoms with Crippen molar-refractivity contribution in [3.05, 3.63) is 23.5 Å². The van der Waals surface area contributed by atoms with Crippen molar-refractivity contribution < 1.29 is 0 Å². The first-order valence-corrected chi connectivity index (χ1v) is 6.79. The Hall–Kier alpha value is -0.920. The van der Waals surface area contributed by atoms with Crippen LogP contribution >= 0.6 is 0 Å². The first kappa shape index (κ1) is 11.6. The van der Waals surface area contributed by atoms with E-state index in [4.69, 9.17) is 0 Å². The molecule has 0 aromatic heterocycles. The Morgan fingerprint density at radius 1 is 1.06 bits per heavy atom. The van der Waals surface area contributed by atoms with Crippen molar-refractivity contribution in [2.24, 2.45) is 5.92 Å². The molecule has 90 valence electrons. The highest BCUT2D eigenvalue weighted by molar-refractivity contribution is 5.23. The summed E-state index contributed by atoms with van der Waals surface area (Å²) in [6, 6.07) is 0. The molecule has 2 rings (SSSR count). The summed E-state index contributed by atoms with van der Waals surface area (Å²) in [5, 5.41) is 7.08. The molecule has 0 aromatic carbocycles. The quantitative estimate of drug-likeness (QED) is 0.673. The maximum Gasteiger partial charge on any atom is 0.0378 e. The van der Waals surface area contributed by atoms with Crippen molar-refractivity contribution in [3.8, 4) is 0 Å². The first-order chi connectivity index (χ1) is 7.92. The Balaban J connectivity index is 1.94. The summed E-state index contributed by atoms with van der Waals surface area (Å²) < 4.78 is 0. The second kappa shape index (κ2) is 5.97. The minimum Gasteiger partial charge on any atom is -0.388 e. The van der Waals surface area contributed by atoms with Crippen molar-refractivity contribution >= 4 is 0 Å². The average Bonchev–Trinajstić information content (AvgIpc) is 2.97. The molecule has 2 heterocycles. The second-order valence-corrected chi connectivity index (χ2v) is 4.80. The standard InChI is InChI=1S/C14H24N2/c1-2-3-4-7-12(13-8-5-10-15-13)14-9-6-11-16-14/h8-9,12,15-16H,2-7,10-11H2,1H3. The van der Waals surface area contributed by atoms with Gasteiger partial charge in [0.2, 0.25) is 0 Å². The highest BCUT2D eigenvalue weighted by Gasteiger charge is 2.22. The van der Waals surface area contributed by atoms with Crippen LogP contribution in [0.1, 0.15) is 45.4 Å². The van der Waals surface area contributed by atoms with Crippen molar-refractivity contribution in [1.29, 1.82) is 0 Å². The van der Waals surface area contributed by atoms with Gasteiger partial charge in [0, 0.05) is 30.4 Å². The van der Waals surface area contributed by atoms with Crippen LogP contribution in [0.2, 0.25) is 0 Å². The summed E-state index contributed by atoms with van der Waals surface area (Å²) in [7, 11) is 0. The van der Waals surface area contributed by atoms with Crippen molar-refractivity contribution in [1.82, 2.24) is 10.6 Å². The fourth-order valence-corrected chi connectivity index (χ4v) is 2.64. The molecule has 0 fully saturated rings. The van der Waals surface area contributed by atoms with Gasteiger partial charge < -0.3 is 10.6 Å². The van der Waals surface area contributed by atoms with Crippen LogP contribution in [0.3, 0.4) is 0 Å². The molecule has 0 atom stereocenters. The fraction of sp³-hybridized carbons (Fsp3) is 0.714. The lowest BCUT2D eigenvalue weighted by Crippen LogP contribution is -2.23. The Morgan fingerprint density at radius 3 is 2.12 bits per heavy atom. The van der Waals surface area contributed by atoms with Crippen LogP contribution in [0.5, 0.6) is 0 Å². The summed E-state index contributed by atoms with van der Waals surface area (Å²) in [5.41, 5.74) is 2.94. The molecule has 0 spiro atoms. The molecule has 0 saturated heterocycles. The summed E-state index contributed by atoms with van der Waals surface area (Å²) in [6.07, 6.45) is 12.5. The largest absolute Gasteiger partial charge is 0.388 e. The molecule has 0 saturated carbocycles. The van der Waals surface area contributed by atoms with E-state index in [0.717, 1.165) is 13.1 Å². The molecule has 0 aliphatic carbocycles. The molecule has 2 aliphatic heterocycles. The number of hydrogen-bond donors (Lipinski definition) is 2. The zero-order chi connectivity index (χ0) is 11.2. The highest BCUT2D eigenvalue weighted by Crippen LogP contribution is 2.27. The monoisotopic (exact) mass is 220 g/mol. The van der Waals surface area contributed by atoms with Gasteiger partial charge in [-0.25, -0.2) is 0 Å². The third-order valence-corrected chi connectivity index (χ3v) is 3.52. The van der Waals surface area contributed by atoms with E-state index in [1.807, 2.05) is 0 Å². The lowest BCUT2D eigenvalue weighted by molar-refractivity contribution is 0.532. The molecular weight excluding hydrogens is 196 g/mol. The zero-order valence-corrected chi connectivity index (χ0v) is 10.4. The summed E-state index contributed by atoms with van der Waals surface area (Å²) in [6.45, 7) is 4.54. The van der Waals surface area contributed by atoms with Gasteiger partial charge in [-0.1, -0.05) is 38.3 Å². The van der Waals surface area contributed by atoms with Gasteiger partial charge in [0.05, 0.1) is 0 Å². The third kappa shape index (κ3) is 2.81. The Labute approximate surface area is 99.2 Å². The normalized spacial score (nSPS) is 19.4. The van der Waals surface area contributed by atoms with E-state index >= 15 is 0 Å². The number of unbranched alkanes of at least 4 members (excludes halogenated alkanes) is 2. The van der Waals surface area contributed by atoms with Crippen LogP contribution in [-0.2, 0) is 0 Å². The van der Waals surface area contributed by atoms with Crippen molar-refractivity contribution in [2.45, 2.75) is 45.4 Å². The average molecular weight is 220 g/mol. The molecule has 16 heavy (non-hydrogen) atoms. The van der Waals surface area contributed by atoms with Crippen molar-refractivity contribution in [3.63, 3.8) is 0 Å². The maximum absolute atomic E-state index is 3.54. The van der Waals surface area contributed by atoms with Crippen LogP contribution < -0.4 is 10.6 Å². The van der Waals surface area contributed by atoms with E-state index in [1.165, 1.54) is 49.9 Å². The van der Waals surface area contributed by atoms with Gasteiger partial charge in [0.25, 0.3) is 0 Å². The summed E-state index contributed by atoms with van der Waals surface area (Å²) in [5.74, 6) is 0.622. The first-order valence-electron chi connectivity index (χ1n) is 6.79. The van der Waals surface area contributed by atoms with E-state index in [-0.39, 0.29) is 0 Å². The van der Waals surface area contributed by atoms with Gasteiger partial charge in [-0.3, -0.25) is 0 Å². The van der Waals surface area contributed by atoms with Gasteiger partial charge in [0.15, 0.2) is 0 Å². The number of nitrogens with one attached hydrogen (secondary N) is 2. The van der Waals surface area contributed by atoms with Gasteiger partial charge in [-0.15, -0.1) is 0 Å². The van der Waals surface area contributed by atoms with Gasteiger partial charge in [0.1, 0.15) is 0 Å². The Kier molecular flexibility index (Phi) is 4.32. The van der Waals surface area contributed by atoms with Gasteiger partial charge in [-0.2, -0.15) is 0 Å². The predicted molar refractivity (Wildman–Crippen MR) is 69.0 cm³/mol. The molecule has 0 aromatic rings. The van der Waals surface area contributed by atoms with E-state index in [2.05, 4.69) is 29.7 Å². The van der Waals surface area contributed by atoms with Crippen LogP contribution in [0.25, 0.3) is 0 Å².